The number of aryl methyl sites for hydroxylation is 16. The Morgan fingerprint density at radius 1 is 0.238 bits per heavy atom. The van der Waals surface area contributed by atoms with E-state index in [1.165, 1.54) is 22.9 Å². The van der Waals surface area contributed by atoms with Crippen molar-refractivity contribution >= 4 is 138 Å². The topological polar surface area (TPSA) is 107 Å². The molecule has 0 radical (unpaired) electrons. The number of hydrogen-bond acceptors (Lipinski definition) is 5. The van der Waals surface area contributed by atoms with Crippen molar-refractivity contribution < 1.29 is 69.6 Å². The van der Waals surface area contributed by atoms with Gasteiger partial charge in [0, 0.05) is 172 Å². The van der Waals surface area contributed by atoms with E-state index < -0.39 is 41.1 Å². The van der Waals surface area contributed by atoms with Crippen molar-refractivity contribution in [3.05, 3.63) is 351 Å². The van der Waals surface area contributed by atoms with Crippen LogP contribution in [-0.2, 0) is 35.2 Å². The van der Waals surface area contributed by atoms with Crippen LogP contribution in [-0.4, -0.2) is 0 Å². The Hall–Kier alpha value is -15.6. The van der Waals surface area contributed by atoms with E-state index in [-0.39, 0.29) is 27.9 Å². The zero-order valence-corrected chi connectivity index (χ0v) is 75.8. The molecule has 0 atom stereocenters. The van der Waals surface area contributed by atoms with Gasteiger partial charge in [-0.2, -0.15) is 22.8 Å². The lowest BCUT2D eigenvalue weighted by Crippen LogP contribution is -2.35. The highest BCUT2D eigenvalue weighted by Crippen LogP contribution is 2.47. The summed E-state index contributed by atoms with van der Waals surface area (Å²) in [4.78, 5) is 17.6. The van der Waals surface area contributed by atoms with E-state index >= 15 is 0 Å². The molecule has 0 unspecified atom stereocenters. The molecule has 0 bridgehead atoms. The number of aromatic nitrogens is 5. The number of pyridine rings is 5. The van der Waals surface area contributed by atoms with E-state index in [1.54, 1.807) is 105 Å². The fourth-order valence-corrected chi connectivity index (χ4v) is 17.8. The van der Waals surface area contributed by atoms with Crippen molar-refractivity contribution in [2.45, 2.75) is 138 Å². The second kappa shape index (κ2) is 34.3. The molecule has 0 fully saturated rings. The molecular weight excluding hydrogens is 1600 g/mol. The van der Waals surface area contributed by atoms with Gasteiger partial charge in [-0.1, -0.05) is 103 Å². The molecule has 10 aromatic heterocycles. The zero-order valence-electron chi connectivity index (χ0n) is 93.8. The quantitative estimate of drug-likeness (QED) is 0.126. The molecule has 20 aromatic rings. The van der Waals surface area contributed by atoms with Gasteiger partial charge < -0.3 is 22.1 Å². The smallest absolute Gasteiger partial charge is 0.216 e. The van der Waals surface area contributed by atoms with Crippen LogP contribution in [0.5, 0.6) is 0 Å². The molecule has 0 aliphatic carbocycles. The van der Waals surface area contributed by atoms with E-state index in [4.69, 9.17) is 79.6 Å². The van der Waals surface area contributed by atoms with Gasteiger partial charge in [-0.05, 0) is 207 Å². The van der Waals surface area contributed by atoms with E-state index in [0.717, 1.165) is 139 Å². The first kappa shape index (κ1) is 67.7. The maximum Gasteiger partial charge on any atom is 0.216 e. The van der Waals surface area contributed by atoms with Gasteiger partial charge in [0.1, 0.15) is 91.1 Å². The number of rotatable bonds is 5. The predicted molar refractivity (Wildman–Crippen MR) is 528 cm³/mol. The molecule has 640 valence electrons. The van der Waals surface area contributed by atoms with Crippen molar-refractivity contribution in [2.75, 3.05) is 0 Å². The van der Waals surface area contributed by atoms with Crippen molar-refractivity contribution in [1.29, 1.82) is 0 Å². The van der Waals surface area contributed by atoms with Crippen LogP contribution in [0.15, 0.2) is 204 Å². The number of hydrogen-bond donors (Lipinski definition) is 0. The van der Waals surface area contributed by atoms with E-state index in [1.807, 2.05) is 157 Å². The molecule has 15 heteroatoms. The highest BCUT2D eigenvalue weighted by Gasteiger charge is 2.31. The van der Waals surface area contributed by atoms with Gasteiger partial charge in [-0.3, -0.25) is 0 Å². The molecule has 0 aliphatic rings. The minimum Gasteiger partial charge on any atom is -0.456 e. The normalized spacial score (nSPS) is 13.9. The molecule has 0 saturated carbocycles. The van der Waals surface area contributed by atoms with Gasteiger partial charge in [0.05, 0.1) is 60.7 Å². The van der Waals surface area contributed by atoms with Gasteiger partial charge in [-0.25, -0.2) is 24.2 Å². The monoisotopic (exact) mass is 1720 g/mol. The second-order valence-corrected chi connectivity index (χ2v) is 33.5. The van der Waals surface area contributed by atoms with Gasteiger partial charge in [0.15, 0.2) is 56.9 Å². The predicted octanol–water partition coefficient (Wildman–Crippen LogP) is 29.3. The molecule has 0 aliphatic heterocycles. The third kappa shape index (κ3) is 15.0. The summed E-state index contributed by atoms with van der Waals surface area (Å²) < 4.78 is 182. The SMILES string of the molecule is [2H]C([2H])([2H])c1ccc(-c2c(C)cc(C([2H])([2H])[2H])c3c2oc2cc([N+]#[C-])ccc23)[n+](C)c1C.[2H]C([2H])([2H])c1ccc(-c2c(C)ccc3c2oc2c(C)c([N+]#[C-])ccc23)[n+](C)c1C.[2H]C([2H])([2H])c1ccc(-c2c(C)ccc3c2oc2cc([N+]#[C-])c(C)cc23)[n+](C)c1C.[2H]C([2H])([2H])c1ccc(-c2c(C)ccc3c2oc2cc([N+]#[C-])cc(C([2H])([2H])[2H])c23)[n+](C)c1C.[C-]#[N+]c1ccc2c(oc3c(-c4cc(C)cc(C)[n+]4C)c(C)ccc32)c1C. The average molecular weight is 1730 g/mol. The Labute approximate surface area is 784 Å². The third-order valence-corrected chi connectivity index (χ3v) is 25.7. The Morgan fingerprint density at radius 3 is 1.04 bits per heavy atom. The lowest BCUT2D eigenvalue weighted by atomic mass is 9.96. The minimum atomic E-state index is -2.41. The molecule has 130 heavy (non-hydrogen) atoms. The van der Waals surface area contributed by atoms with Crippen molar-refractivity contribution in [2.24, 2.45) is 35.2 Å². The lowest BCUT2D eigenvalue weighted by Gasteiger charge is -2.10. The summed E-state index contributed by atoms with van der Waals surface area (Å²) in [5.74, 6) is 0. The first-order chi connectivity index (χ1) is 69.4. The second-order valence-electron chi connectivity index (χ2n) is 33.5. The van der Waals surface area contributed by atoms with Gasteiger partial charge in [-0.15, -0.1) is 0 Å². The lowest BCUT2D eigenvalue weighted by molar-refractivity contribution is -0.667. The zero-order chi connectivity index (χ0) is 108. The van der Waals surface area contributed by atoms with Crippen LogP contribution < -0.4 is 22.8 Å². The van der Waals surface area contributed by atoms with Gasteiger partial charge in [0.25, 0.3) is 0 Å². The van der Waals surface area contributed by atoms with Crippen molar-refractivity contribution in [3.8, 4) is 56.3 Å². The molecular formula is C115H105N10O5+5. The van der Waals surface area contributed by atoms with E-state index in [0.29, 0.717) is 123 Å². The summed E-state index contributed by atoms with van der Waals surface area (Å²) in [6.45, 7) is 50.2. The van der Waals surface area contributed by atoms with Crippen LogP contribution >= 0.6 is 0 Å². The van der Waals surface area contributed by atoms with E-state index in [9.17, 15) is 0 Å². The Bertz CT molecular complexity index is 9240. The molecule has 0 saturated heterocycles. The van der Waals surface area contributed by atoms with Crippen molar-refractivity contribution in [3.63, 3.8) is 0 Å². The standard InChI is InChI=1S/5C23H21N2O/c1-13-7-10-19(25(6)16(13)4)22-15(3)11-14(2)21-18-9-8-17(24-5)12-20(18)26-23(21)22;1-13-8-12-20(25(6)16(13)4)21-14(2)7-9-18-17-10-11-19(24-5)15(3)22(17)26-23(18)21;1-13-8-10-19(25(6)16(13)4)22-14(2)7-9-18-21-15(3)11-17(24-5)12-20(21)26-23(18)22;1-13-8-10-20(25(6)16(13)4)22-14(2)7-9-17-18-11-15(3)19(24-5)12-21(18)26-23(17)22;1-13-11-15(3)25(6)20(12-13)21-14(2)7-8-18-17-9-10-19(24-5)16(4)22(17)26-23(18)21/h5*7-12H,1-4,6H3/q5*+1/i1D3,2D3;1D3;1D3,3D3;1D3;. The molecule has 0 spiro atoms. The number of nitrogens with zero attached hydrogens (tertiary/aromatic N) is 10. The third-order valence-electron chi connectivity index (χ3n) is 25.7. The number of furan rings is 5. The summed E-state index contributed by atoms with van der Waals surface area (Å²) in [7, 11) is 9.42. The molecule has 10 heterocycles. The summed E-state index contributed by atoms with van der Waals surface area (Å²) in [5.41, 5.74) is 31.5. The average Bonchev–Trinajstić information content (AvgIpc) is 1.62. The summed E-state index contributed by atoms with van der Waals surface area (Å²) in [6, 6.07) is 55.3. The van der Waals surface area contributed by atoms with Crippen LogP contribution in [0.2, 0.25) is 0 Å². The van der Waals surface area contributed by atoms with Crippen LogP contribution in [0, 0.1) is 171 Å². The largest absolute Gasteiger partial charge is 0.456 e. The fraction of sp³-hybridized carbons (Fsp3) is 0.217. The summed E-state index contributed by atoms with van der Waals surface area (Å²) in [5, 5.41) is 8.29. The Kier molecular flexibility index (Phi) is 17.9. The van der Waals surface area contributed by atoms with Gasteiger partial charge >= 0.3 is 0 Å². The van der Waals surface area contributed by atoms with Crippen LogP contribution in [0.25, 0.3) is 190 Å². The number of fused-ring (bicyclic) bond motifs is 15. The fourth-order valence-electron chi connectivity index (χ4n) is 17.8. The molecule has 20 rings (SSSR count). The maximum atomic E-state index is 8.07. The molecule has 0 amide bonds. The summed E-state index contributed by atoms with van der Waals surface area (Å²) >= 11 is 0. The molecule has 0 N–H and O–H groups in total. The highest BCUT2D eigenvalue weighted by molar-refractivity contribution is 6.16. The molecule has 10 aromatic carbocycles. The van der Waals surface area contributed by atoms with Gasteiger partial charge in [0.2, 0.25) is 28.5 Å². The van der Waals surface area contributed by atoms with Crippen LogP contribution in [0.3, 0.4) is 0 Å². The van der Waals surface area contributed by atoms with Crippen LogP contribution in [0.1, 0.15) is 137 Å². The van der Waals surface area contributed by atoms with E-state index in [2.05, 4.69) is 93.0 Å². The summed E-state index contributed by atoms with van der Waals surface area (Å²) in [6.07, 6.45) is 0. The van der Waals surface area contributed by atoms with Crippen LogP contribution in [0.4, 0.5) is 28.4 Å². The highest BCUT2D eigenvalue weighted by atomic mass is 16.3. The van der Waals surface area contributed by atoms with Crippen molar-refractivity contribution in [1.82, 2.24) is 0 Å². The molecule has 15 nitrogen and oxygen atoms in total. The Morgan fingerprint density at radius 2 is 0.592 bits per heavy atom. The Balaban J connectivity index is 0.000000132. The number of benzene rings is 10. The first-order valence-electron chi connectivity index (χ1n) is 51.1. The minimum absolute atomic E-state index is 0.0767. The maximum absolute atomic E-state index is 8.07. The first-order valence-corrected chi connectivity index (χ1v) is 42.1.